The highest BCUT2D eigenvalue weighted by Crippen LogP contribution is 2.34. The van der Waals surface area contributed by atoms with E-state index in [0.29, 0.717) is 5.56 Å². The number of hydrogen-bond acceptors (Lipinski definition) is 5. The molecule has 3 unspecified atom stereocenters. The van der Waals surface area contributed by atoms with Crippen LogP contribution in [0.1, 0.15) is 38.3 Å². The van der Waals surface area contributed by atoms with Crippen LogP contribution in [-0.4, -0.2) is 49.5 Å². The quantitative estimate of drug-likeness (QED) is 0.708. The van der Waals surface area contributed by atoms with Gasteiger partial charge < -0.3 is 15.3 Å². The van der Waals surface area contributed by atoms with Gasteiger partial charge in [0.25, 0.3) is 5.91 Å². The Kier molecular flexibility index (Phi) is 4.68. The normalized spacial score (nSPS) is 21.4. The minimum Gasteiger partial charge on any atom is -0.508 e. The van der Waals surface area contributed by atoms with E-state index in [4.69, 9.17) is 0 Å². The monoisotopic (exact) mass is 308 g/mol. The molecule has 3 amide bonds. The molecule has 7 heteroatoms. The van der Waals surface area contributed by atoms with Crippen molar-refractivity contribution in [2.24, 2.45) is 0 Å². The van der Waals surface area contributed by atoms with Gasteiger partial charge in [0, 0.05) is 0 Å². The standard InChI is InChI=1S/C15H20N2O5/c1-3-11(19)16-13(9-5-7-10(18)8-6-9)14(21)17(15(16)22)12(20)4-2/h5-8,11-13,18-20H,3-4H2,1-2H3. The highest BCUT2D eigenvalue weighted by Gasteiger charge is 2.50. The van der Waals surface area contributed by atoms with Crippen molar-refractivity contribution in [2.75, 3.05) is 0 Å². The fourth-order valence-corrected chi connectivity index (χ4v) is 2.49. The molecule has 1 aliphatic rings. The van der Waals surface area contributed by atoms with E-state index in [1.807, 2.05) is 0 Å². The lowest BCUT2D eigenvalue weighted by molar-refractivity contribution is -0.135. The van der Waals surface area contributed by atoms with Crippen LogP contribution in [0.5, 0.6) is 5.75 Å². The van der Waals surface area contributed by atoms with Crippen LogP contribution in [-0.2, 0) is 4.79 Å². The second-order valence-corrected chi connectivity index (χ2v) is 5.17. The first-order valence-electron chi connectivity index (χ1n) is 7.22. The molecule has 1 aromatic rings. The summed E-state index contributed by atoms with van der Waals surface area (Å²) in [7, 11) is 0. The summed E-state index contributed by atoms with van der Waals surface area (Å²) in [5, 5.41) is 29.4. The molecule has 0 saturated carbocycles. The third kappa shape index (κ3) is 2.65. The van der Waals surface area contributed by atoms with Crippen LogP contribution >= 0.6 is 0 Å². The van der Waals surface area contributed by atoms with E-state index in [1.165, 1.54) is 24.3 Å². The van der Waals surface area contributed by atoms with Crippen molar-refractivity contribution in [3.05, 3.63) is 29.8 Å². The van der Waals surface area contributed by atoms with Gasteiger partial charge in [0.2, 0.25) is 0 Å². The maximum Gasteiger partial charge on any atom is 0.331 e. The van der Waals surface area contributed by atoms with Crippen LogP contribution < -0.4 is 0 Å². The molecule has 22 heavy (non-hydrogen) atoms. The lowest BCUT2D eigenvalue weighted by Gasteiger charge is -2.27. The average molecular weight is 308 g/mol. The second kappa shape index (κ2) is 6.33. The zero-order valence-corrected chi connectivity index (χ0v) is 12.5. The van der Waals surface area contributed by atoms with Crippen molar-refractivity contribution in [3.8, 4) is 5.75 Å². The largest absolute Gasteiger partial charge is 0.508 e. The number of aromatic hydroxyl groups is 1. The minimum atomic E-state index is -1.23. The maximum absolute atomic E-state index is 12.6. The Bertz CT molecular complexity index is 560. The molecule has 0 aromatic heterocycles. The first kappa shape index (κ1) is 16.3. The van der Waals surface area contributed by atoms with E-state index in [0.717, 1.165) is 9.80 Å². The molecule has 1 saturated heterocycles. The number of carbonyl (C=O) groups excluding carboxylic acids is 2. The number of benzene rings is 1. The summed E-state index contributed by atoms with van der Waals surface area (Å²) in [6, 6.07) is 4.12. The summed E-state index contributed by atoms with van der Waals surface area (Å²) in [5.41, 5.74) is 0.467. The van der Waals surface area contributed by atoms with Gasteiger partial charge in [-0.15, -0.1) is 0 Å². The summed E-state index contributed by atoms with van der Waals surface area (Å²) in [6.45, 7) is 3.34. The molecule has 120 valence electrons. The van der Waals surface area contributed by atoms with Crippen LogP contribution in [0.3, 0.4) is 0 Å². The number of hydrogen-bond donors (Lipinski definition) is 3. The first-order chi connectivity index (χ1) is 10.4. The minimum absolute atomic E-state index is 0.0357. The zero-order chi connectivity index (χ0) is 16.4. The fraction of sp³-hybridized carbons (Fsp3) is 0.467. The Morgan fingerprint density at radius 1 is 1.05 bits per heavy atom. The number of urea groups is 1. The number of carbonyl (C=O) groups is 2. The summed E-state index contributed by atoms with van der Waals surface area (Å²) in [6.07, 6.45) is -1.91. The van der Waals surface area contributed by atoms with E-state index in [2.05, 4.69) is 0 Å². The SMILES string of the molecule is CCC(O)N1C(=O)C(c2ccc(O)cc2)N(C(O)CC)C1=O. The van der Waals surface area contributed by atoms with Crippen LogP contribution in [0.2, 0.25) is 0 Å². The lowest BCUT2D eigenvalue weighted by atomic mass is 10.0. The second-order valence-electron chi connectivity index (χ2n) is 5.17. The van der Waals surface area contributed by atoms with Gasteiger partial charge in [-0.2, -0.15) is 0 Å². The van der Waals surface area contributed by atoms with E-state index in [9.17, 15) is 24.9 Å². The fourth-order valence-electron chi connectivity index (χ4n) is 2.49. The molecule has 1 aliphatic heterocycles. The van der Waals surface area contributed by atoms with Crippen LogP contribution in [0.4, 0.5) is 4.79 Å². The highest BCUT2D eigenvalue weighted by atomic mass is 16.3. The number of nitrogens with zero attached hydrogens (tertiary/aromatic N) is 2. The molecule has 7 nitrogen and oxygen atoms in total. The zero-order valence-electron chi connectivity index (χ0n) is 12.5. The van der Waals surface area contributed by atoms with Gasteiger partial charge in [-0.25, -0.2) is 9.69 Å². The van der Waals surface area contributed by atoms with Gasteiger partial charge in [-0.05, 0) is 30.5 Å². The summed E-state index contributed by atoms with van der Waals surface area (Å²) >= 11 is 0. The van der Waals surface area contributed by atoms with E-state index in [1.54, 1.807) is 13.8 Å². The van der Waals surface area contributed by atoms with Gasteiger partial charge >= 0.3 is 6.03 Å². The first-order valence-corrected chi connectivity index (χ1v) is 7.22. The molecule has 2 rings (SSSR count). The van der Waals surface area contributed by atoms with Gasteiger partial charge in [-0.1, -0.05) is 26.0 Å². The summed E-state index contributed by atoms with van der Waals surface area (Å²) in [5.74, 6) is -0.550. The van der Waals surface area contributed by atoms with Crippen molar-refractivity contribution in [3.63, 3.8) is 0 Å². The van der Waals surface area contributed by atoms with E-state index < -0.39 is 30.4 Å². The summed E-state index contributed by atoms with van der Waals surface area (Å²) < 4.78 is 0. The third-order valence-electron chi connectivity index (χ3n) is 3.73. The van der Waals surface area contributed by atoms with Gasteiger partial charge in [0.15, 0.2) is 0 Å². The van der Waals surface area contributed by atoms with Crippen molar-refractivity contribution in [2.45, 2.75) is 45.2 Å². The molecular weight excluding hydrogens is 288 g/mol. The Morgan fingerprint density at radius 3 is 2.09 bits per heavy atom. The molecule has 0 bridgehead atoms. The van der Waals surface area contributed by atoms with Crippen LogP contribution in [0, 0.1) is 0 Å². The van der Waals surface area contributed by atoms with E-state index >= 15 is 0 Å². The molecular formula is C15H20N2O5. The van der Waals surface area contributed by atoms with Gasteiger partial charge in [-0.3, -0.25) is 9.69 Å². The maximum atomic E-state index is 12.6. The van der Waals surface area contributed by atoms with E-state index in [-0.39, 0.29) is 18.6 Å². The van der Waals surface area contributed by atoms with Crippen molar-refractivity contribution in [1.82, 2.24) is 9.80 Å². The number of phenols is 1. The third-order valence-corrected chi connectivity index (χ3v) is 3.73. The molecule has 0 radical (unpaired) electrons. The molecule has 1 heterocycles. The number of rotatable bonds is 5. The molecule has 0 aliphatic carbocycles. The lowest BCUT2D eigenvalue weighted by Crippen LogP contribution is -2.43. The molecule has 3 atom stereocenters. The Hall–Kier alpha value is -2.12. The topological polar surface area (TPSA) is 101 Å². The smallest absolute Gasteiger partial charge is 0.331 e. The average Bonchev–Trinajstić information content (AvgIpc) is 2.77. The Balaban J connectivity index is 2.45. The molecule has 0 spiro atoms. The molecule has 1 aromatic carbocycles. The summed E-state index contributed by atoms with van der Waals surface area (Å²) in [4.78, 5) is 26.8. The van der Waals surface area contributed by atoms with Gasteiger partial charge in [0.05, 0.1) is 0 Å². The number of aliphatic hydroxyl groups is 2. The Labute approximate surface area is 128 Å². The predicted octanol–water partition coefficient (Wildman–Crippen LogP) is 1.15. The van der Waals surface area contributed by atoms with Crippen LogP contribution in [0.25, 0.3) is 0 Å². The number of aliphatic hydroxyl groups excluding tert-OH is 2. The van der Waals surface area contributed by atoms with Gasteiger partial charge in [0.1, 0.15) is 24.2 Å². The van der Waals surface area contributed by atoms with Crippen molar-refractivity contribution >= 4 is 11.9 Å². The Morgan fingerprint density at radius 2 is 1.59 bits per heavy atom. The number of phenolic OH excluding ortho intramolecular Hbond substituents is 1. The van der Waals surface area contributed by atoms with Crippen molar-refractivity contribution in [1.29, 1.82) is 0 Å². The number of amides is 3. The molecule has 1 fully saturated rings. The van der Waals surface area contributed by atoms with Crippen molar-refractivity contribution < 1.29 is 24.9 Å². The molecule has 3 N–H and O–H groups in total. The number of imide groups is 1. The van der Waals surface area contributed by atoms with Crippen LogP contribution in [0.15, 0.2) is 24.3 Å². The highest BCUT2D eigenvalue weighted by molar-refractivity contribution is 6.05. The predicted molar refractivity (Wildman–Crippen MR) is 77.5 cm³/mol.